The molecule has 0 aliphatic carbocycles. The van der Waals surface area contributed by atoms with E-state index in [4.69, 9.17) is 11.6 Å². The van der Waals surface area contributed by atoms with Crippen LogP contribution in [0.15, 0.2) is 48.5 Å². The number of urea groups is 1. The van der Waals surface area contributed by atoms with E-state index in [0.717, 1.165) is 43.5 Å². The molecule has 156 valence electrons. The summed E-state index contributed by atoms with van der Waals surface area (Å²) in [5.74, 6) is 0. The average Bonchev–Trinajstić information content (AvgIpc) is 3.25. The van der Waals surface area contributed by atoms with E-state index in [1.807, 2.05) is 36.1 Å². The fraction of sp³-hybridized carbons (Fsp3) is 0.391. The molecule has 6 heteroatoms. The first kappa shape index (κ1) is 22.8. The molecule has 1 fully saturated rings. The quantitative estimate of drug-likeness (QED) is 0.714. The number of nitrogens with zero attached hydrogens (tertiary/aromatic N) is 2. The first-order chi connectivity index (χ1) is 13.9. The predicted octanol–water partition coefficient (Wildman–Crippen LogP) is 4.79. The molecular formula is C23H30ClN3O2. The second-order valence-corrected chi connectivity index (χ2v) is 7.86. The number of aryl methyl sites for hydroxylation is 1. The van der Waals surface area contributed by atoms with E-state index in [0.29, 0.717) is 11.6 Å². The number of amides is 3. The number of rotatable bonds is 5. The summed E-state index contributed by atoms with van der Waals surface area (Å²) in [4.78, 5) is 25.7. The van der Waals surface area contributed by atoms with Crippen molar-refractivity contribution in [1.29, 1.82) is 0 Å². The molecule has 0 unspecified atom stereocenters. The highest BCUT2D eigenvalue weighted by atomic mass is 35.5. The first-order valence-corrected chi connectivity index (χ1v) is 10.3. The van der Waals surface area contributed by atoms with E-state index in [1.165, 1.54) is 5.56 Å². The number of nitrogens with one attached hydrogen (secondary N) is 1. The molecule has 0 aromatic heterocycles. The van der Waals surface area contributed by atoms with Gasteiger partial charge in [0.25, 0.3) is 0 Å². The number of hydrogen-bond acceptors (Lipinski definition) is 2. The Labute approximate surface area is 178 Å². The summed E-state index contributed by atoms with van der Waals surface area (Å²) in [5.41, 5.74) is 3.48. The molecule has 3 amide bonds. The van der Waals surface area contributed by atoms with Crippen molar-refractivity contribution in [3.05, 3.63) is 70.2 Å². The minimum absolute atomic E-state index is 0.0653. The van der Waals surface area contributed by atoms with Gasteiger partial charge in [0.2, 0.25) is 6.41 Å². The second kappa shape index (κ2) is 11.5. The summed E-state index contributed by atoms with van der Waals surface area (Å²) in [6, 6.07) is 15.9. The third-order valence-electron chi connectivity index (χ3n) is 4.84. The summed E-state index contributed by atoms with van der Waals surface area (Å²) in [6.07, 6.45) is 3.06. The van der Waals surface area contributed by atoms with Gasteiger partial charge < -0.3 is 15.1 Å². The Hall–Kier alpha value is -2.53. The van der Waals surface area contributed by atoms with Gasteiger partial charge in [0, 0.05) is 31.7 Å². The predicted molar refractivity (Wildman–Crippen MR) is 118 cm³/mol. The molecule has 0 bridgehead atoms. The zero-order valence-corrected chi connectivity index (χ0v) is 18.2. The molecule has 0 spiro atoms. The summed E-state index contributed by atoms with van der Waals surface area (Å²) in [5, 5.41) is 3.76. The van der Waals surface area contributed by atoms with Crippen LogP contribution in [0.1, 0.15) is 42.5 Å². The van der Waals surface area contributed by atoms with Crippen molar-refractivity contribution in [2.75, 3.05) is 20.1 Å². The van der Waals surface area contributed by atoms with Crippen molar-refractivity contribution < 1.29 is 9.59 Å². The van der Waals surface area contributed by atoms with Gasteiger partial charge in [-0.05, 0) is 49.9 Å². The highest BCUT2D eigenvalue weighted by Crippen LogP contribution is 2.15. The van der Waals surface area contributed by atoms with Gasteiger partial charge in [-0.3, -0.25) is 4.79 Å². The fourth-order valence-corrected chi connectivity index (χ4v) is 3.18. The Morgan fingerprint density at radius 2 is 1.72 bits per heavy atom. The Morgan fingerprint density at radius 1 is 1.14 bits per heavy atom. The van der Waals surface area contributed by atoms with Gasteiger partial charge in [-0.1, -0.05) is 53.6 Å². The monoisotopic (exact) mass is 415 g/mol. The highest BCUT2D eigenvalue weighted by molar-refractivity contribution is 6.30. The maximum absolute atomic E-state index is 11.9. The topological polar surface area (TPSA) is 52.7 Å². The van der Waals surface area contributed by atoms with Crippen molar-refractivity contribution in [2.24, 2.45) is 0 Å². The van der Waals surface area contributed by atoms with E-state index in [1.54, 1.807) is 11.9 Å². The molecule has 1 N–H and O–H groups in total. The lowest BCUT2D eigenvalue weighted by molar-refractivity contribution is -0.117. The molecule has 5 nitrogen and oxygen atoms in total. The van der Waals surface area contributed by atoms with Crippen LogP contribution in [0.25, 0.3) is 0 Å². The minimum Gasteiger partial charge on any atom is -0.344 e. The number of halogens is 1. The van der Waals surface area contributed by atoms with Crippen LogP contribution in [0.2, 0.25) is 5.02 Å². The van der Waals surface area contributed by atoms with Crippen LogP contribution in [-0.2, 0) is 11.3 Å². The van der Waals surface area contributed by atoms with E-state index in [2.05, 4.69) is 36.5 Å². The molecule has 3 rings (SSSR count). The average molecular weight is 416 g/mol. The van der Waals surface area contributed by atoms with Crippen molar-refractivity contribution in [3.8, 4) is 0 Å². The number of carbonyl (C=O) groups is 2. The lowest BCUT2D eigenvalue weighted by Gasteiger charge is -2.20. The van der Waals surface area contributed by atoms with E-state index in [9.17, 15) is 9.59 Å². The smallest absolute Gasteiger partial charge is 0.317 e. The molecule has 1 aliphatic heterocycles. The van der Waals surface area contributed by atoms with Gasteiger partial charge in [-0.2, -0.15) is 0 Å². The van der Waals surface area contributed by atoms with Gasteiger partial charge >= 0.3 is 6.03 Å². The maximum Gasteiger partial charge on any atom is 0.317 e. The van der Waals surface area contributed by atoms with Crippen molar-refractivity contribution in [2.45, 2.75) is 39.3 Å². The minimum atomic E-state index is 0.0653. The molecule has 29 heavy (non-hydrogen) atoms. The van der Waals surface area contributed by atoms with Crippen LogP contribution < -0.4 is 5.32 Å². The molecule has 0 saturated carbocycles. The Balaban J connectivity index is 0.000000221. The van der Waals surface area contributed by atoms with Gasteiger partial charge in [0.1, 0.15) is 0 Å². The summed E-state index contributed by atoms with van der Waals surface area (Å²) >= 11 is 5.70. The van der Waals surface area contributed by atoms with Crippen LogP contribution in [0.4, 0.5) is 4.79 Å². The van der Waals surface area contributed by atoms with Gasteiger partial charge in [0.05, 0.1) is 6.04 Å². The van der Waals surface area contributed by atoms with Crippen LogP contribution in [0.5, 0.6) is 0 Å². The molecule has 1 saturated heterocycles. The number of hydrogen-bond donors (Lipinski definition) is 1. The molecule has 2 aromatic carbocycles. The van der Waals surface area contributed by atoms with Gasteiger partial charge in [-0.15, -0.1) is 0 Å². The highest BCUT2D eigenvalue weighted by Gasteiger charge is 2.19. The lowest BCUT2D eigenvalue weighted by atomic mass is 10.1. The molecule has 0 radical (unpaired) electrons. The molecule has 1 atom stereocenters. The first-order valence-electron chi connectivity index (χ1n) is 9.91. The van der Waals surface area contributed by atoms with Gasteiger partial charge in [-0.25, -0.2) is 4.79 Å². The normalized spacial score (nSPS) is 13.9. The van der Waals surface area contributed by atoms with Crippen LogP contribution in [-0.4, -0.2) is 42.4 Å². The lowest BCUT2D eigenvalue weighted by Crippen LogP contribution is -2.39. The standard InChI is InChI=1S/C14H20N2O.C9H10ClNO/c1-11-5-7-13(8-6-11)12(2)15-14(17)16-9-3-4-10-16;1-11(7-12)6-8-2-4-9(10)5-3-8/h5-8,12H,3-4,9-10H2,1-2H3,(H,15,17);2-5,7H,6H2,1H3/t12-;/m1./s1. The number of carbonyl (C=O) groups excluding carboxylic acids is 2. The summed E-state index contributed by atoms with van der Waals surface area (Å²) in [6.45, 7) is 6.51. The van der Waals surface area contributed by atoms with Crippen LogP contribution >= 0.6 is 11.6 Å². The SMILES string of the molecule is CN(C=O)Cc1ccc(Cl)cc1.Cc1ccc([C@@H](C)NC(=O)N2CCCC2)cc1. The largest absolute Gasteiger partial charge is 0.344 e. The Bertz CT molecular complexity index is 772. The maximum atomic E-state index is 11.9. The van der Waals surface area contributed by atoms with E-state index >= 15 is 0 Å². The van der Waals surface area contributed by atoms with E-state index < -0.39 is 0 Å². The molecule has 1 aliphatic rings. The third-order valence-corrected chi connectivity index (χ3v) is 5.09. The van der Waals surface area contributed by atoms with Crippen LogP contribution in [0, 0.1) is 6.92 Å². The Kier molecular flexibility index (Phi) is 9.00. The number of benzene rings is 2. The number of likely N-dealkylation sites (tertiary alicyclic amines) is 1. The van der Waals surface area contributed by atoms with Crippen molar-refractivity contribution in [3.63, 3.8) is 0 Å². The van der Waals surface area contributed by atoms with Gasteiger partial charge in [0.15, 0.2) is 0 Å². The summed E-state index contributed by atoms with van der Waals surface area (Å²) < 4.78 is 0. The molecular weight excluding hydrogens is 386 g/mol. The molecule has 2 aromatic rings. The zero-order chi connectivity index (χ0) is 21.2. The summed E-state index contributed by atoms with van der Waals surface area (Å²) in [7, 11) is 1.74. The zero-order valence-electron chi connectivity index (χ0n) is 17.4. The van der Waals surface area contributed by atoms with Crippen molar-refractivity contribution in [1.82, 2.24) is 15.1 Å². The third kappa shape index (κ3) is 7.78. The second-order valence-electron chi connectivity index (χ2n) is 7.42. The van der Waals surface area contributed by atoms with Crippen molar-refractivity contribution >= 4 is 24.0 Å². The molecule has 1 heterocycles. The Morgan fingerprint density at radius 3 is 2.28 bits per heavy atom. The van der Waals surface area contributed by atoms with Crippen LogP contribution in [0.3, 0.4) is 0 Å². The fourth-order valence-electron chi connectivity index (χ4n) is 3.05. The van der Waals surface area contributed by atoms with E-state index in [-0.39, 0.29) is 12.1 Å².